The molecule has 8 nitrogen and oxygen atoms in total. The van der Waals surface area contributed by atoms with Crippen molar-refractivity contribution in [2.75, 3.05) is 18.9 Å². The summed E-state index contributed by atoms with van der Waals surface area (Å²) in [5, 5.41) is 23.2. The smallest absolute Gasteiger partial charge is 0.254 e. The molecule has 2 heterocycles. The number of nitrogens with two attached hydrogens (primary N) is 1. The summed E-state index contributed by atoms with van der Waals surface area (Å²) in [5.74, 6) is 1.27. The normalized spacial score (nSPS) is 10.6. The highest BCUT2D eigenvalue weighted by atomic mass is 32.1. The van der Waals surface area contributed by atoms with Crippen molar-refractivity contribution in [1.29, 1.82) is 5.26 Å². The number of rotatable bonds is 9. The summed E-state index contributed by atoms with van der Waals surface area (Å²) < 4.78 is 12.5. The van der Waals surface area contributed by atoms with Crippen LogP contribution in [0.25, 0.3) is 10.1 Å². The minimum atomic E-state index is -0.314. The molecule has 4 N–H and O–H groups in total. The molecule has 0 aliphatic carbocycles. The minimum absolute atomic E-state index is 0.143. The number of nitrogens with one attached hydrogen (secondary N) is 1. The van der Waals surface area contributed by atoms with E-state index in [0.29, 0.717) is 40.4 Å². The van der Waals surface area contributed by atoms with Crippen LogP contribution in [0.4, 0.5) is 5.82 Å². The standard InChI is InChI=1S/C25H22N4O4S/c26-11-16-3-1-4-17(9-16)13-32-19-5-2-6-20(10-19)33-14-18-15-34-23-21(25(31)28-7-8-30)12-29-24(27)22(18)23/h1-6,9-10,12,15,30H,7-8,13-14H2,(H2,27,29)(H,28,31). The number of ether oxygens (including phenoxy) is 2. The lowest BCUT2D eigenvalue weighted by atomic mass is 10.1. The highest BCUT2D eigenvalue weighted by molar-refractivity contribution is 7.17. The van der Waals surface area contributed by atoms with Crippen LogP contribution in [0.2, 0.25) is 0 Å². The van der Waals surface area contributed by atoms with Gasteiger partial charge in [0.05, 0.1) is 28.5 Å². The Morgan fingerprint density at radius 3 is 2.68 bits per heavy atom. The predicted molar refractivity (Wildman–Crippen MR) is 130 cm³/mol. The molecule has 0 spiro atoms. The van der Waals surface area contributed by atoms with E-state index >= 15 is 0 Å². The van der Waals surface area contributed by atoms with Gasteiger partial charge in [0.25, 0.3) is 5.91 Å². The van der Waals surface area contributed by atoms with E-state index in [1.165, 1.54) is 17.5 Å². The third-order valence-corrected chi connectivity index (χ3v) is 6.07. The predicted octanol–water partition coefficient (Wildman–Crippen LogP) is 3.63. The Hall–Kier alpha value is -4.13. The van der Waals surface area contributed by atoms with Crippen LogP contribution < -0.4 is 20.5 Å². The number of carbonyl (C=O) groups is 1. The minimum Gasteiger partial charge on any atom is -0.489 e. The molecule has 0 aliphatic heterocycles. The third kappa shape index (κ3) is 5.26. The zero-order valence-electron chi connectivity index (χ0n) is 18.2. The van der Waals surface area contributed by atoms with Crippen molar-refractivity contribution in [2.45, 2.75) is 13.2 Å². The lowest BCUT2D eigenvalue weighted by Crippen LogP contribution is -2.26. The second kappa shape index (κ2) is 10.7. The van der Waals surface area contributed by atoms with Crippen LogP contribution in [0.15, 0.2) is 60.1 Å². The number of thiophene rings is 1. The number of hydrogen-bond acceptors (Lipinski definition) is 8. The van der Waals surface area contributed by atoms with E-state index in [1.807, 2.05) is 35.7 Å². The highest BCUT2D eigenvalue weighted by Gasteiger charge is 2.17. The maximum Gasteiger partial charge on any atom is 0.254 e. The number of hydrogen-bond donors (Lipinski definition) is 3. The first-order chi connectivity index (χ1) is 16.6. The summed E-state index contributed by atoms with van der Waals surface area (Å²) in [6.07, 6.45) is 1.44. The Kier molecular flexibility index (Phi) is 7.22. The molecule has 2 aromatic heterocycles. The monoisotopic (exact) mass is 474 g/mol. The number of aromatic nitrogens is 1. The molecule has 0 fully saturated rings. The molecule has 0 radical (unpaired) electrons. The molecule has 1 amide bonds. The van der Waals surface area contributed by atoms with E-state index in [-0.39, 0.29) is 25.7 Å². The van der Waals surface area contributed by atoms with Gasteiger partial charge in [-0.05, 0) is 35.2 Å². The van der Waals surface area contributed by atoms with Crippen LogP contribution in [0.5, 0.6) is 11.5 Å². The number of nitrogens with zero attached hydrogens (tertiary/aromatic N) is 2. The van der Waals surface area contributed by atoms with E-state index < -0.39 is 0 Å². The first-order valence-corrected chi connectivity index (χ1v) is 11.4. The Morgan fingerprint density at radius 2 is 1.91 bits per heavy atom. The van der Waals surface area contributed by atoms with Gasteiger partial charge in [-0.1, -0.05) is 18.2 Å². The van der Waals surface area contributed by atoms with Crippen molar-refractivity contribution in [3.05, 3.63) is 82.4 Å². The number of carbonyl (C=O) groups excluding carboxylic acids is 1. The SMILES string of the molecule is N#Cc1cccc(COc2cccc(OCc3csc4c(C(=O)NCCO)cnc(N)c34)c2)c1. The van der Waals surface area contributed by atoms with Gasteiger partial charge in [0.2, 0.25) is 0 Å². The van der Waals surface area contributed by atoms with Crippen LogP contribution in [-0.4, -0.2) is 29.1 Å². The zero-order valence-corrected chi connectivity index (χ0v) is 19.0. The maximum absolute atomic E-state index is 12.4. The quantitative estimate of drug-likeness (QED) is 0.338. The van der Waals surface area contributed by atoms with Crippen LogP contribution in [0.1, 0.15) is 27.0 Å². The Balaban J connectivity index is 1.46. The van der Waals surface area contributed by atoms with Gasteiger partial charge in [-0.15, -0.1) is 11.3 Å². The van der Waals surface area contributed by atoms with Crippen LogP contribution in [-0.2, 0) is 13.2 Å². The fourth-order valence-electron chi connectivity index (χ4n) is 3.37. The van der Waals surface area contributed by atoms with Crippen molar-refractivity contribution < 1.29 is 19.4 Å². The molecular weight excluding hydrogens is 452 g/mol. The molecule has 0 aliphatic rings. The maximum atomic E-state index is 12.4. The number of pyridine rings is 1. The van der Waals surface area contributed by atoms with Crippen molar-refractivity contribution in [1.82, 2.24) is 10.3 Å². The van der Waals surface area contributed by atoms with Crippen LogP contribution in [0, 0.1) is 11.3 Å². The Labute approximate surface area is 200 Å². The lowest BCUT2D eigenvalue weighted by Gasteiger charge is -2.10. The van der Waals surface area contributed by atoms with Gasteiger partial charge in [0, 0.05) is 29.8 Å². The van der Waals surface area contributed by atoms with Gasteiger partial charge in [0.15, 0.2) is 0 Å². The highest BCUT2D eigenvalue weighted by Crippen LogP contribution is 2.33. The fraction of sp³-hybridized carbons (Fsp3) is 0.160. The Bertz CT molecular complexity index is 1360. The molecule has 172 valence electrons. The summed E-state index contributed by atoms with van der Waals surface area (Å²) in [7, 11) is 0. The third-order valence-electron chi connectivity index (χ3n) is 5.00. The lowest BCUT2D eigenvalue weighted by molar-refractivity contribution is 0.0946. The fourth-order valence-corrected chi connectivity index (χ4v) is 4.45. The van der Waals surface area contributed by atoms with E-state index in [1.54, 1.807) is 18.2 Å². The number of nitriles is 1. The van der Waals surface area contributed by atoms with E-state index in [0.717, 1.165) is 15.8 Å². The average molecular weight is 475 g/mol. The molecule has 0 saturated heterocycles. The first kappa shape index (κ1) is 23.0. The number of anilines is 1. The number of aliphatic hydroxyl groups is 1. The first-order valence-electron chi connectivity index (χ1n) is 10.5. The molecule has 9 heteroatoms. The van der Waals surface area contributed by atoms with Gasteiger partial charge in [-0.25, -0.2) is 4.98 Å². The second-order valence-electron chi connectivity index (χ2n) is 7.37. The molecule has 0 bridgehead atoms. The molecule has 4 rings (SSSR count). The number of amides is 1. The summed E-state index contributed by atoms with van der Waals surface area (Å²) in [4.78, 5) is 16.6. The van der Waals surface area contributed by atoms with E-state index in [9.17, 15) is 4.79 Å². The number of fused-ring (bicyclic) bond motifs is 1. The molecule has 0 saturated carbocycles. The summed E-state index contributed by atoms with van der Waals surface area (Å²) in [6.45, 7) is 0.586. The number of nitrogen functional groups attached to an aromatic ring is 1. The number of benzene rings is 2. The largest absolute Gasteiger partial charge is 0.489 e. The molecule has 0 unspecified atom stereocenters. The van der Waals surface area contributed by atoms with Gasteiger partial charge in [-0.2, -0.15) is 5.26 Å². The topological polar surface area (TPSA) is 130 Å². The van der Waals surface area contributed by atoms with Crippen molar-refractivity contribution in [3.8, 4) is 17.6 Å². The summed E-state index contributed by atoms with van der Waals surface area (Å²) >= 11 is 1.39. The van der Waals surface area contributed by atoms with Crippen molar-refractivity contribution in [2.24, 2.45) is 0 Å². The zero-order chi connectivity index (χ0) is 23.9. The van der Waals surface area contributed by atoms with Gasteiger partial charge < -0.3 is 25.6 Å². The average Bonchev–Trinajstić information content (AvgIpc) is 3.30. The molecular formula is C25H22N4O4S. The van der Waals surface area contributed by atoms with E-state index in [2.05, 4.69) is 16.4 Å². The Morgan fingerprint density at radius 1 is 1.15 bits per heavy atom. The number of aliphatic hydroxyl groups excluding tert-OH is 1. The molecule has 34 heavy (non-hydrogen) atoms. The van der Waals surface area contributed by atoms with Crippen molar-refractivity contribution >= 4 is 33.1 Å². The second-order valence-corrected chi connectivity index (χ2v) is 8.25. The summed E-state index contributed by atoms with van der Waals surface area (Å²) in [5.41, 5.74) is 8.82. The van der Waals surface area contributed by atoms with Crippen LogP contribution >= 0.6 is 11.3 Å². The molecule has 0 atom stereocenters. The van der Waals surface area contributed by atoms with Gasteiger partial charge >= 0.3 is 0 Å². The summed E-state index contributed by atoms with van der Waals surface area (Å²) in [6, 6.07) is 16.7. The van der Waals surface area contributed by atoms with Crippen LogP contribution in [0.3, 0.4) is 0 Å². The van der Waals surface area contributed by atoms with Gasteiger partial charge in [0.1, 0.15) is 30.5 Å². The molecule has 2 aromatic carbocycles. The van der Waals surface area contributed by atoms with E-state index in [4.69, 9.17) is 25.6 Å². The van der Waals surface area contributed by atoms with Gasteiger partial charge in [-0.3, -0.25) is 4.79 Å². The molecule has 4 aromatic rings. The van der Waals surface area contributed by atoms with Crippen molar-refractivity contribution in [3.63, 3.8) is 0 Å².